The summed E-state index contributed by atoms with van der Waals surface area (Å²) in [7, 11) is 1.39. The van der Waals surface area contributed by atoms with Gasteiger partial charge in [0.25, 0.3) is 17.5 Å². The summed E-state index contributed by atoms with van der Waals surface area (Å²) in [5.41, 5.74) is 0.815. The van der Waals surface area contributed by atoms with Crippen LogP contribution in [0.1, 0.15) is 38.3 Å². The number of rotatable bonds is 8. The molecule has 0 atom stereocenters. The molecule has 190 valence electrons. The SMILES string of the molecule is COc1cc(/C=C(\C#N)c2ccc(Cl)cc2)ccc1OC(=O)CCN1C(=O)c2cccc([N+](=O)[O-])c2C1=O. The summed E-state index contributed by atoms with van der Waals surface area (Å²) in [6, 6.07) is 17.4. The van der Waals surface area contributed by atoms with Crippen molar-refractivity contribution in [3.8, 4) is 17.6 Å². The first kappa shape index (κ1) is 26.1. The van der Waals surface area contributed by atoms with Crippen LogP contribution in [0.15, 0.2) is 60.7 Å². The molecule has 3 aromatic rings. The maximum atomic E-state index is 12.7. The van der Waals surface area contributed by atoms with Crippen molar-refractivity contribution in [2.75, 3.05) is 13.7 Å². The predicted molar refractivity (Wildman–Crippen MR) is 137 cm³/mol. The lowest BCUT2D eigenvalue weighted by molar-refractivity contribution is -0.385. The van der Waals surface area contributed by atoms with E-state index in [0.29, 0.717) is 21.7 Å². The minimum Gasteiger partial charge on any atom is -0.493 e. The van der Waals surface area contributed by atoms with E-state index in [9.17, 15) is 29.8 Å². The van der Waals surface area contributed by atoms with Gasteiger partial charge in [0.1, 0.15) is 5.56 Å². The average Bonchev–Trinajstić information content (AvgIpc) is 3.16. The lowest BCUT2D eigenvalue weighted by Crippen LogP contribution is -2.32. The number of esters is 1. The summed E-state index contributed by atoms with van der Waals surface area (Å²) in [6.07, 6.45) is 1.29. The Balaban J connectivity index is 1.45. The number of allylic oxidation sites excluding steroid dienone is 1. The number of amides is 2. The van der Waals surface area contributed by atoms with Gasteiger partial charge in [-0.3, -0.25) is 29.4 Å². The summed E-state index contributed by atoms with van der Waals surface area (Å²) < 4.78 is 10.7. The highest BCUT2D eigenvalue weighted by molar-refractivity contribution is 6.30. The predicted octanol–water partition coefficient (Wildman–Crippen LogP) is 4.91. The Morgan fingerprint density at radius 1 is 1.11 bits per heavy atom. The number of ether oxygens (including phenoxy) is 2. The Hall–Kier alpha value is -5.01. The first-order valence-electron chi connectivity index (χ1n) is 11.1. The molecule has 11 heteroatoms. The van der Waals surface area contributed by atoms with E-state index in [0.717, 1.165) is 11.0 Å². The van der Waals surface area contributed by atoms with Gasteiger partial charge in [-0.1, -0.05) is 35.9 Å². The number of nitrogens with zero attached hydrogens (tertiary/aromatic N) is 3. The molecule has 0 saturated heterocycles. The van der Waals surface area contributed by atoms with Gasteiger partial charge < -0.3 is 9.47 Å². The number of fused-ring (bicyclic) bond motifs is 1. The van der Waals surface area contributed by atoms with E-state index in [1.807, 2.05) is 0 Å². The van der Waals surface area contributed by atoms with Crippen molar-refractivity contribution in [3.05, 3.63) is 98.1 Å². The number of benzene rings is 3. The van der Waals surface area contributed by atoms with Gasteiger partial charge >= 0.3 is 5.97 Å². The Bertz CT molecular complexity index is 1540. The number of hydrogen-bond acceptors (Lipinski definition) is 8. The average molecular weight is 532 g/mol. The number of imide groups is 1. The zero-order chi connectivity index (χ0) is 27.4. The second kappa shape index (κ2) is 10.9. The van der Waals surface area contributed by atoms with E-state index in [1.165, 1.54) is 25.3 Å². The molecular weight excluding hydrogens is 514 g/mol. The Morgan fingerprint density at radius 2 is 1.84 bits per heavy atom. The van der Waals surface area contributed by atoms with Gasteiger partial charge in [-0.15, -0.1) is 0 Å². The molecule has 0 saturated carbocycles. The van der Waals surface area contributed by atoms with Gasteiger partial charge in [-0.25, -0.2) is 0 Å². The molecule has 4 rings (SSSR count). The lowest BCUT2D eigenvalue weighted by atomic mass is 10.0. The number of carbonyl (C=O) groups excluding carboxylic acids is 3. The van der Waals surface area contributed by atoms with Gasteiger partial charge in [0.2, 0.25) is 0 Å². The van der Waals surface area contributed by atoms with Crippen LogP contribution >= 0.6 is 11.6 Å². The zero-order valence-corrected chi connectivity index (χ0v) is 20.6. The van der Waals surface area contributed by atoms with Crippen LogP contribution in [0.3, 0.4) is 0 Å². The fourth-order valence-electron chi connectivity index (χ4n) is 3.88. The second-order valence-electron chi connectivity index (χ2n) is 8.03. The van der Waals surface area contributed by atoms with Crippen molar-refractivity contribution in [1.82, 2.24) is 4.90 Å². The first-order valence-corrected chi connectivity index (χ1v) is 11.5. The smallest absolute Gasteiger partial charge is 0.313 e. The standard InChI is InChI=1S/C27H18ClN3O7/c1-37-23-14-16(13-18(15-29)17-6-8-19(28)9-7-17)5-10-22(23)38-24(32)11-12-30-26(33)20-3-2-4-21(31(35)36)25(20)27(30)34/h2-10,13-14H,11-12H2,1H3/b18-13+. The third kappa shape index (κ3) is 5.23. The number of nitriles is 1. The molecule has 1 aliphatic heterocycles. The van der Waals surface area contributed by atoms with E-state index < -0.39 is 28.4 Å². The summed E-state index contributed by atoms with van der Waals surface area (Å²) in [5, 5.41) is 21.4. The number of halogens is 1. The zero-order valence-electron chi connectivity index (χ0n) is 19.8. The van der Waals surface area contributed by atoms with Crippen LogP contribution in [0.25, 0.3) is 11.6 Å². The molecule has 0 radical (unpaired) electrons. The highest BCUT2D eigenvalue weighted by Gasteiger charge is 2.40. The normalized spacial score (nSPS) is 12.7. The van der Waals surface area contributed by atoms with E-state index >= 15 is 0 Å². The van der Waals surface area contributed by atoms with E-state index in [1.54, 1.807) is 42.5 Å². The maximum absolute atomic E-state index is 12.7. The highest BCUT2D eigenvalue weighted by Crippen LogP contribution is 2.32. The molecule has 10 nitrogen and oxygen atoms in total. The molecular formula is C27H18ClN3O7. The molecule has 1 aliphatic rings. The van der Waals surface area contributed by atoms with Crippen molar-refractivity contribution in [2.24, 2.45) is 0 Å². The van der Waals surface area contributed by atoms with Crippen LogP contribution in [0.5, 0.6) is 11.5 Å². The topological polar surface area (TPSA) is 140 Å². The van der Waals surface area contributed by atoms with E-state index in [2.05, 4.69) is 6.07 Å². The molecule has 0 unspecified atom stereocenters. The molecule has 0 spiro atoms. The Kier molecular flexibility index (Phi) is 7.50. The highest BCUT2D eigenvalue weighted by atomic mass is 35.5. The third-order valence-electron chi connectivity index (χ3n) is 5.71. The molecule has 2 amide bonds. The monoisotopic (exact) mass is 531 g/mol. The summed E-state index contributed by atoms with van der Waals surface area (Å²) in [5.74, 6) is -2.00. The van der Waals surface area contributed by atoms with Crippen molar-refractivity contribution in [1.29, 1.82) is 5.26 Å². The molecule has 1 heterocycles. The van der Waals surface area contributed by atoms with E-state index in [-0.39, 0.29) is 35.6 Å². The lowest BCUT2D eigenvalue weighted by Gasteiger charge is -2.14. The van der Waals surface area contributed by atoms with Crippen LogP contribution in [0, 0.1) is 21.4 Å². The Morgan fingerprint density at radius 3 is 2.50 bits per heavy atom. The fourth-order valence-corrected chi connectivity index (χ4v) is 4.01. The van der Waals surface area contributed by atoms with Crippen LogP contribution < -0.4 is 9.47 Å². The molecule has 0 N–H and O–H groups in total. The fraction of sp³-hybridized carbons (Fsp3) is 0.111. The van der Waals surface area contributed by atoms with Crippen LogP contribution in [-0.2, 0) is 4.79 Å². The number of nitro benzene ring substituents is 1. The third-order valence-corrected chi connectivity index (χ3v) is 5.96. The first-order chi connectivity index (χ1) is 18.2. The molecule has 0 aromatic heterocycles. The number of hydrogen-bond donors (Lipinski definition) is 0. The maximum Gasteiger partial charge on any atom is 0.313 e. The van der Waals surface area contributed by atoms with Crippen molar-refractivity contribution in [2.45, 2.75) is 6.42 Å². The van der Waals surface area contributed by atoms with Gasteiger partial charge in [0.15, 0.2) is 11.5 Å². The van der Waals surface area contributed by atoms with Gasteiger partial charge in [-0.05, 0) is 47.5 Å². The molecule has 0 aliphatic carbocycles. The molecule has 38 heavy (non-hydrogen) atoms. The van der Waals surface area contributed by atoms with Gasteiger partial charge in [0.05, 0.1) is 35.7 Å². The minimum absolute atomic E-state index is 0.0850. The molecule has 0 fully saturated rings. The summed E-state index contributed by atoms with van der Waals surface area (Å²) in [6.45, 7) is -0.321. The van der Waals surface area contributed by atoms with E-state index in [4.69, 9.17) is 21.1 Å². The number of carbonyl (C=O) groups is 3. The largest absolute Gasteiger partial charge is 0.493 e. The second-order valence-corrected chi connectivity index (χ2v) is 8.47. The quantitative estimate of drug-likeness (QED) is 0.0759. The molecule has 0 bridgehead atoms. The van der Waals surface area contributed by atoms with Crippen molar-refractivity contribution < 1.29 is 28.8 Å². The van der Waals surface area contributed by atoms with Crippen LogP contribution in [0.4, 0.5) is 5.69 Å². The van der Waals surface area contributed by atoms with Gasteiger partial charge in [-0.2, -0.15) is 5.26 Å². The van der Waals surface area contributed by atoms with Gasteiger partial charge in [0, 0.05) is 17.6 Å². The van der Waals surface area contributed by atoms with Crippen LogP contribution in [0.2, 0.25) is 5.02 Å². The minimum atomic E-state index is -0.840. The van der Waals surface area contributed by atoms with Crippen LogP contribution in [-0.4, -0.2) is 41.3 Å². The number of nitro groups is 1. The number of methoxy groups -OCH3 is 1. The summed E-state index contributed by atoms with van der Waals surface area (Å²) >= 11 is 5.91. The van der Waals surface area contributed by atoms with Crippen molar-refractivity contribution >= 4 is 46.7 Å². The molecule has 3 aromatic carbocycles. The Labute approximate surface area is 221 Å². The van der Waals surface area contributed by atoms with Crippen molar-refractivity contribution in [3.63, 3.8) is 0 Å². The summed E-state index contributed by atoms with van der Waals surface area (Å²) in [4.78, 5) is 49.1.